The summed E-state index contributed by atoms with van der Waals surface area (Å²) in [7, 11) is 0. The first kappa shape index (κ1) is 15.6. The summed E-state index contributed by atoms with van der Waals surface area (Å²) in [5.41, 5.74) is 3.74. The number of carbonyl (C=O) groups is 1. The van der Waals surface area contributed by atoms with Gasteiger partial charge in [-0.25, -0.2) is 0 Å². The number of amides is 1. The molecule has 2 rings (SSSR count). The summed E-state index contributed by atoms with van der Waals surface area (Å²) < 4.78 is 5.77. The first-order valence-electron chi connectivity index (χ1n) is 7.41. The molecule has 0 saturated carbocycles. The summed E-state index contributed by atoms with van der Waals surface area (Å²) in [5.74, 6) is 0.0729. The molecule has 1 atom stereocenters. The van der Waals surface area contributed by atoms with Crippen LogP contribution < -0.4 is 5.32 Å². The van der Waals surface area contributed by atoms with E-state index in [1.807, 2.05) is 39.8 Å². The summed E-state index contributed by atoms with van der Waals surface area (Å²) in [4.78, 5) is 12.3. The van der Waals surface area contributed by atoms with Gasteiger partial charge in [-0.15, -0.1) is 0 Å². The van der Waals surface area contributed by atoms with Gasteiger partial charge in [0, 0.05) is 17.5 Å². The van der Waals surface area contributed by atoms with Gasteiger partial charge < -0.3 is 14.8 Å². The van der Waals surface area contributed by atoms with E-state index >= 15 is 0 Å². The number of aliphatic hydroxyl groups is 1. The van der Waals surface area contributed by atoms with Crippen LogP contribution in [0.2, 0.25) is 0 Å². The van der Waals surface area contributed by atoms with Gasteiger partial charge >= 0.3 is 0 Å². The van der Waals surface area contributed by atoms with E-state index in [0.29, 0.717) is 12.2 Å². The molecule has 114 valence electrons. The van der Waals surface area contributed by atoms with Crippen LogP contribution in [0.25, 0.3) is 11.0 Å². The minimum Gasteiger partial charge on any atom is -0.450 e. The fraction of sp³-hybridized carbons (Fsp3) is 0.471. The molecule has 2 N–H and O–H groups in total. The summed E-state index contributed by atoms with van der Waals surface area (Å²) >= 11 is 0. The van der Waals surface area contributed by atoms with E-state index < -0.39 is 6.10 Å². The number of rotatable bonds is 5. The Hall–Kier alpha value is -1.81. The van der Waals surface area contributed by atoms with Crippen molar-refractivity contribution in [2.24, 2.45) is 0 Å². The highest BCUT2D eigenvalue weighted by atomic mass is 16.3. The zero-order valence-corrected chi connectivity index (χ0v) is 13.1. The largest absolute Gasteiger partial charge is 0.450 e. The predicted molar refractivity (Wildman–Crippen MR) is 83.7 cm³/mol. The van der Waals surface area contributed by atoms with Crippen LogP contribution in [-0.2, 0) is 0 Å². The fourth-order valence-electron chi connectivity index (χ4n) is 2.62. The Labute approximate surface area is 125 Å². The molecular formula is C17H23NO3. The number of benzene rings is 1. The van der Waals surface area contributed by atoms with Crippen molar-refractivity contribution in [3.05, 3.63) is 34.6 Å². The van der Waals surface area contributed by atoms with Crippen molar-refractivity contribution in [3.63, 3.8) is 0 Å². The number of carbonyl (C=O) groups excluding carboxylic acids is 1. The molecule has 21 heavy (non-hydrogen) atoms. The minimum absolute atomic E-state index is 0.251. The SMILES string of the molecule is CCCC(O)CNC(=O)c1oc2c(C)ccc(C)c2c1C. The monoisotopic (exact) mass is 289 g/mol. The van der Waals surface area contributed by atoms with Gasteiger partial charge in [-0.05, 0) is 38.3 Å². The second kappa shape index (κ2) is 6.31. The average Bonchev–Trinajstić information content (AvgIpc) is 2.80. The maximum absolute atomic E-state index is 12.3. The quantitative estimate of drug-likeness (QED) is 0.888. The zero-order chi connectivity index (χ0) is 15.6. The van der Waals surface area contributed by atoms with Crippen molar-refractivity contribution in [2.75, 3.05) is 6.54 Å². The van der Waals surface area contributed by atoms with Crippen LogP contribution in [0.5, 0.6) is 0 Å². The fourth-order valence-corrected chi connectivity index (χ4v) is 2.62. The number of hydrogen-bond donors (Lipinski definition) is 2. The molecule has 1 aromatic carbocycles. The van der Waals surface area contributed by atoms with Crippen LogP contribution in [0, 0.1) is 20.8 Å². The lowest BCUT2D eigenvalue weighted by Crippen LogP contribution is -2.32. The molecular weight excluding hydrogens is 266 g/mol. The Morgan fingerprint density at radius 3 is 2.57 bits per heavy atom. The van der Waals surface area contributed by atoms with Crippen molar-refractivity contribution in [1.29, 1.82) is 0 Å². The van der Waals surface area contributed by atoms with Crippen molar-refractivity contribution in [3.8, 4) is 0 Å². The Morgan fingerprint density at radius 1 is 1.29 bits per heavy atom. The second-order valence-electron chi connectivity index (χ2n) is 5.61. The normalized spacial score (nSPS) is 12.6. The molecule has 0 saturated heterocycles. The highest BCUT2D eigenvalue weighted by Crippen LogP contribution is 2.30. The van der Waals surface area contributed by atoms with E-state index in [2.05, 4.69) is 5.32 Å². The van der Waals surface area contributed by atoms with E-state index in [4.69, 9.17) is 4.42 Å². The molecule has 1 heterocycles. The number of hydrogen-bond acceptors (Lipinski definition) is 3. The van der Waals surface area contributed by atoms with Crippen LogP contribution in [0.1, 0.15) is 47.0 Å². The van der Waals surface area contributed by atoms with E-state index in [9.17, 15) is 9.90 Å². The van der Waals surface area contributed by atoms with Crippen molar-refractivity contribution in [1.82, 2.24) is 5.32 Å². The van der Waals surface area contributed by atoms with E-state index in [1.165, 1.54) is 0 Å². The van der Waals surface area contributed by atoms with Crippen LogP contribution >= 0.6 is 0 Å². The smallest absolute Gasteiger partial charge is 0.287 e. The third-order valence-electron chi connectivity index (χ3n) is 3.81. The van der Waals surface area contributed by atoms with Crippen molar-refractivity contribution in [2.45, 2.75) is 46.6 Å². The van der Waals surface area contributed by atoms with Gasteiger partial charge in [0.2, 0.25) is 0 Å². The Kier molecular flexibility index (Phi) is 4.68. The van der Waals surface area contributed by atoms with Crippen LogP contribution in [0.3, 0.4) is 0 Å². The minimum atomic E-state index is -0.507. The maximum atomic E-state index is 12.3. The molecule has 4 heteroatoms. The number of fused-ring (bicyclic) bond motifs is 1. The van der Waals surface area contributed by atoms with Gasteiger partial charge in [0.15, 0.2) is 5.76 Å². The molecule has 0 fully saturated rings. The van der Waals surface area contributed by atoms with Crippen molar-refractivity contribution < 1.29 is 14.3 Å². The van der Waals surface area contributed by atoms with Gasteiger partial charge in [-0.1, -0.05) is 25.5 Å². The highest BCUT2D eigenvalue weighted by molar-refractivity contribution is 6.00. The van der Waals surface area contributed by atoms with Crippen LogP contribution in [0.15, 0.2) is 16.5 Å². The molecule has 4 nitrogen and oxygen atoms in total. The lowest BCUT2D eigenvalue weighted by molar-refractivity contribution is 0.0884. The van der Waals surface area contributed by atoms with E-state index in [-0.39, 0.29) is 12.5 Å². The summed E-state index contributed by atoms with van der Waals surface area (Å²) in [6.45, 7) is 8.13. The third kappa shape index (κ3) is 3.10. The Bertz CT molecular complexity index is 658. The molecule has 0 aliphatic carbocycles. The number of aryl methyl sites for hydroxylation is 3. The molecule has 0 aliphatic heterocycles. The molecule has 0 aliphatic rings. The molecule has 1 amide bonds. The predicted octanol–water partition coefficient (Wildman–Crippen LogP) is 3.25. The van der Waals surface area contributed by atoms with Crippen LogP contribution in [0.4, 0.5) is 0 Å². The number of furan rings is 1. The summed E-state index contributed by atoms with van der Waals surface area (Å²) in [5, 5.41) is 13.4. The standard InChI is InChI=1S/C17H23NO3/c1-5-6-13(19)9-18-17(20)16-12(4)14-10(2)7-8-11(3)15(14)21-16/h7-8,13,19H,5-6,9H2,1-4H3,(H,18,20). The lowest BCUT2D eigenvalue weighted by Gasteiger charge is -2.09. The highest BCUT2D eigenvalue weighted by Gasteiger charge is 2.20. The number of aliphatic hydroxyl groups excluding tert-OH is 1. The summed E-state index contributed by atoms with van der Waals surface area (Å²) in [6, 6.07) is 4.03. The molecule has 1 unspecified atom stereocenters. The average molecular weight is 289 g/mol. The second-order valence-corrected chi connectivity index (χ2v) is 5.61. The lowest BCUT2D eigenvalue weighted by atomic mass is 10.0. The first-order chi connectivity index (χ1) is 9.95. The van der Waals surface area contributed by atoms with Gasteiger partial charge in [-0.2, -0.15) is 0 Å². The molecule has 0 spiro atoms. The zero-order valence-electron chi connectivity index (χ0n) is 13.1. The van der Waals surface area contributed by atoms with Crippen LogP contribution in [-0.4, -0.2) is 23.7 Å². The maximum Gasteiger partial charge on any atom is 0.287 e. The third-order valence-corrected chi connectivity index (χ3v) is 3.81. The first-order valence-corrected chi connectivity index (χ1v) is 7.41. The molecule has 1 aromatic heterocycles. The number of nitrogens with one attached hydrogen (secondary N) is 1. The summed E-state index contributed by atoms with van der Waals surface area (Å²) in [6.07, 6.45) is 1.06. The molecule has 0 radical (unpaired) electrons. The van der Waals surface area contributed by atoms with Gasteiger partial charge in [0.25, 0.3) is 5.91 Å². The molecule has 2 aromatic rings. The van der Waals surface area contributed by atoms with Crippen molar-refractivity contribution >= 4 is 16.9 Å². The Morgan fingerprint density at radius 2 is 1.95 bits per heavy atom. The van der Waals surface area contributed by atoms with Gasteiger partial charge in [0.1, 0.15) is 5.58 Å². The van der Waals surface area contributed by atoms with Gasteiger partial charge in [-0.3, -0.25) is 4.79 Å². The topological polar surface area (TPSA) is 62.5 Å². The van der Waals surface area contributed by atoms with E-state index in [0.717, 1.165) is 34.1 Å². The molecule has 0 bridgehead atoms. The Balaban J connectivity index is 2.26. The van der Waals surface area contributed by atoms with Gasteiger partial charge in [0.05, 0.1) is 6.10 Å². The van der Waals surface area contributed by atoms with E-state index in [1.54, 1.807) is 0 Å².